The molecule has 28 heavy (non-hydrogen) atoms. The lowest BCUT2D eigenvalue weighted by Crippen LogP contribution is -2.47. The van der Waals surface area contributed by atoms with Crippen molar-refractivity contribution in [3.8, 4) is 5.75 Å². The minimum atomic E-state index is -0.899. The summed E-state index contributed by atoms with van der Waals surface area (Å²) in [4.78, 5) is 35.9. The Hall–Kier alpha value is -3.22. The van der Waals surface area contributed by atoms with Crippen LogP contribution in [0.1, 0.15) is 42.6 Å². The van der Waals surface area contributed by atoms with E-state index in [0.29, 0.717) is 11.3 Å². The molecule has 2 N–H and O–H groups in total. The van der Waals surface area contributed by atoms with Crippen LogP contribution in [0.3, 0.4) is 0 Å². The summed E-state index contributed by atoms with van der Waals surface area (Å²) in [5.74, 6) is -1.28. The van der Waals surface area contributed by atoms with Gasteiger partial charge in [-0.1, -0.05) is 31.2 Å². The zero-order valence-corrected chi connectivity index (χ0v) is 15.8. The Balaban J connectivity index is 1.72. The molecule has 0 fully saturated rings. The number of aryl methyl sites for hydroxylation is 1. The van der Waals surface area contributed by atoms with E-state index in [1.54, 1.807) is 12.1 Å². The van der Waals surface area contributed by atoms with E-state index in [1.807, 2.05) is 19.1 Å². The minimum Gasteiger partial charge on any atom is -0.481 e. The summed E-state index contributed by atoms with van der Waals surface area (Å²) in [6, 6.07) is 12.5. The standard InChI is InChI=1S/C21H23FN2O4/c1-3-15-4-6-16(7-5-15)19(25)12-13-20(26)23-24-21(27)14(2)28-18-10-8-17(22)9-11-18/h4-11,14H,3,12-13H2,1-2H3,(H,23,26)(H,24,27). The SMILES string of the molecule is CCc1ccc(C(=O)CCC(=O)NNC(=O)C(C)Oc2ccc(F)cc2)cc1. The van der Waals surface area contributed by atoms with Gasteiger partial charge < -0.3 is 4.74 Å². The number of halogens is 1. The maximum Gasteiger partial charge on any atom is 0.279 e. The van der Waals surface area contributed by atoms with Crippen molar-refractivity contribution in [2.45, 2.75) is 39.2 Å². The summed E-state index contributed by atoms with van der Waals surface area (Å²) in [6.45, 7) is 3.52. The predicted octanol–water partition coefficient (Wildman–Crippen LogP) is 2.97. The number of Topliss-reactive ketones (excluding diaryl/α,β-unsaturated/α-hetero) is 1. The first-order valence-corrected chi connectivity index (χ1v) is 9.02. The molecule has 0 heterocycles. The summed E-state index contributed by atoms with van der Waals surface area (Å²) in [5.41, 5.74) is 6.18. The Bertz CT molecular complexity index is 819. The summed E-state index contributed by atoms with van der Waals surface area (Å²) in [6.07, 6.45) is -0.0271. The largest absolute Gasteiger partial charge is 0.481 e. The second-order valence-electron chi connectivity index (χ2n) is 6.23. The van der Waals surface area contributed by atoms with Crippen LogP contribution >= 0.6 is 0 Å². The number of benzene rings is 2. The highest BCUT2D eigenvalue weighted by Crippen LogP contribution is 2.13. The van der Waals surface area contributed by atoms with Gasteiger partial charge >= 0.3 is 0 Å². The van der Waals surface area contributed by atoms with E-state index < -0.39 is 23.7 Å². The van der Waals surface area contributed by atoms with E-state index >= 15 is 0 Å². The van der Waals surface area contributed by atoms with Crippen molar-refractivity contribution in [3.05, 3.63) is 65.5 Å². The van der Waals surface area contributed by atoms with Crippen LogP contribution in [0.25, 0.3) is 0 Å². The number of ketones is 1. The van der Waals surface area contributed by atoms with Gasteiger partial charge in [0.2, 0.25) is 5.91 Å². The normalized spacial score (nSPS) is 11.4. The van der Waals surface area contributed by atoms with Crippen LogP contribution in [0.15, 0.2) is 48.5 Å². The quantitative estimate of drug-likeness (QED) is 0.540. The second kappa shape index (κ2) is 10.2. The number of rotatable bonds is 8. The zero-order chi connectivity index (χ0) is 20.5. The molecule has 7 heteroatoms. The van der Waals surface area contributed by atoms with Crippen LogP contribution in [0.5, 0.6) is 5.75 Å². The smallest absolute Gasteiger partial charge is 0.279 e. The molecule has 148 valence electrons. The van der Waals surface area contributed by atoms with E-state index in [0.717, 1.165) is 12.0 Å². The Kier molecular flexibility index (Phi) is 7.68. The van der Waals surface area contributed by atoms with Crippen LogP contribution in [-0.2, 0) is 16.0 Å². The maximum atomic E-state index is 12.9. The second-order valence-corrected chi connectivity index (χ2v) is 6.23. The maximum absolute atomic E-state index is 12.9. The fourth-order valence-electron chi connectivity index (χ4n) is 2.36. The van der Waals surface area contributed by atoms with Crippen molar-refractivity contribution in [1.29, 1.82) is 0 Å². The minimum absolute atomic E-state index is 0.0365. The molecule has 0 saturated carbocycles. The zero-order valence-electron chi connectivity index (χ0n) is 15.8. The van der Waals surface area contributed by atoms with Gasteiger partial charge in [-0.25, -0.2) is 4.39 Å². The molecular weight excluding hydrogens is 363 g/mol. The molecule has 0 spiro atoms. The molecule has 0 saturated heterocycles. The molecule has 1 unspecified atom stereocenters. The first-order valence-electron chi connectivity index (χ1n) is 9.02. The third kappa shape index (κ3) is 6.50. The van der Waals surface area contributed by atoms with Gasteiger partial charge in [-0.2, -0.15) is 0 Å². The van der Waals surface area contributed by atoms with Crippen molar-refractivity contribution in [1.82, 2.24) is 10.9 Å². The Labute approximate surface area is 163 Å². The fraction of sp³-hybridized carbons (Fsp3) is 0.286. The van der Waals surface area contributed by atoms with Gasteiger partial charge in [0.15, 0.2) is 11.9 Å². The van der Waals surface area contributed by atoms with Gasteiger partial charge in [0.25, 0.3) is 5.91 Å². The van der Waals surface area contributed by atoms with Crippen molar-refractivity contribution in [2.24, 2.45) is 0 Å². The van der Waals surface area contributed by atoms with Crippen molar-refractivity contribution in [2.75, 3.05) is 0 Å². The Morgan fingerprint density at radius 1 is 0.964 bits per heavy atom. The molecule has 2 aromatic carbocycles. The summed E-state index contributed by atoms with van der Waals surface area (Å²) >= 11 is 0. The number of carbonyl (C=O) groups is 3. The van der Waals surface area contributed by atoms with Crippen molar-refractivity contribution < 1.29 is 23.5 Å². The molecule has 0 radical (unpaired) electrons. The molecule has 2 aromatic rings. The third-order valence-electron chi connectivity index (χ3n) is 4.08. The third-order valence-corrected chi connectivity index (χ3v) is 4.08. The van der Waals surface area contributed by atoms with Crippen LogP contribution in [0, 0.1) is 5.82 Å². The van der Waals surface area contributed by atoms with E-state index in [2.05, 4.69) is 10.9 Å². The lowest BCUT2D eigenvalue weighted by atomic mass is 10.0. The molecule has 6 nitrogen and oxygen atoms in total. The molecular formula is C21H23FN2O4. The van der Waals surface area contributed by atoms with Gasteiger partial charge in [0.05, 0.1) is 0 Å². The van der Waals surface area contributed by atoms with Gasteiger partial charge in [-0.15, -0.1) is 0 Å². The van der Waals surface area contributed by atoms with E-state index in [-0.39, 0.29) is 18.6 Å². The van der Waals surface area contributed by atoms with Crippen molar-refractivity contribution >= 4 is 17.6 Å². The summed E-state index contributed by atoms with van der Waals surface area (Å²) in [5, 5.41) is 0. The first kappa shape index (κ1) is 21.1. The summed E-state index contributed by atoms with van der Waals surface area (Å²) < 4.78 is 18.2. The van der Waals surface area contributed by atoms with E-state index in [1.165, 1.54) is 31.2 Å². The average Bonchev–Trinajstić information content (AvgIpc) is 2.71. The summed E-state index contributed by atoms with van der Waals surface area (Å²) in [7, 11) is 0. The highest BCUT2D eigenvalue weighted by molar-refractivity contribution is 5.98. The van der Waals surface area contributed by atoms with E-state index in [9.17, 15) is 18.8 Å². The number of nitrogens with one attached hydrogen (secondary N) is 2. The van der Waals surface area contributed by atoms with Crippen LogP contribution in [0.4, 0.5) is 4.39 Å². The molecule has 0 aliphatic heterocycles. The number of amides is 2. The molecule has 2 amide bonds. The molecule has 1 atom stereocenters. The number of hydrogen-bond acceptors (Lipinski definition) is 4. The lowest BCUT2D eigenvalue weighted by molar-refractivity contribution is -0.132. The lowest BCUT2D eigenvalue weighted by Gasteiger charge is -2.15. The molecule has 0 bridgehead atoms. The monoisotopic (exact) mass is 386 g/mol. The average molecular weight is 386 g/mol. The predicted molar refractivity (Wildman–Crippen MR) is 102 cm³/mol. The molecule has 0 aromatic heterocycles. The highest BCUT2D eigenvalue weighted by atomic mass is 19.1. The number of hydrogen-bond donors (Lipinski definition) is 2. The van der Waals surface area contributed by atoms with Crippen LogP contribution in [-0.4, -0.2) is 23.7 Å². The Morgan fingerprint density at radius 3 is 2.21 bits per heavy atom. The molecule has 0 aliphatic rings. The fourth-order valence-corrected chi connectivity index (χ4v) is 2.36. The van der Waals surface area contributed by atoms with Crippen LogP contribution < -0.4 is 15.6 Å². The highest BCUT2D eigenvalue weighted by Gasteiger charge is 2.16. The Morgan fingerprint density at radius 2 is 1.61 bits per heavy atom. The topological polar surface area (TPSA) is 84.5 Å². The van der Waals surface area contributed by atoms with Gasteiger partial charge in [0, 0.05) is 18.4 Å². The number of ether oxygens (including phenoxy) is 1. The van der Waals surface area contributed by atoms with Crippen molar-refractivity contribution in [3.63, 3.8) is 0 Å². The van der Waals surface area contributed by atoms with Gasteiger partial charge in [-0.05, 0) is 43.2 Å². The van der Waals surface area contributed by atoms with Gasteiger partial charge in [-0.3, -0.25) is 25.2 Å². The number of carbonyl (C=O) groups excluding carboxylic acids is 3. The number of hydrazine groups is 1. The molecule has 2 rings (SSSR count). The van der Waals surface area contributed by atoms with Gasteiger partial charge in [0.1, 0.15) is 11.6 Å². The molecule has 0 aliphatic carbocycles. The van der Waals surface area contributed by atoms with E-state index in [4.69, 9.17) is 4.74 Å². The van der Waals surface area contributed by atoms with Crippen LogP contribution in [0.2, 0.25) is 0 Å². The first-order chi connectivity index (χ1) is 13.4.